The summed E-state index contributed by atoms with van der Waals surface area (Å²) in [7, 11) is 0. The van der Waals surface area contributed by atoms with E-state index in [4.69, 9.17) is 0 Å². The van der Waals surface area contributed by atoms with Crippen molar-refractivity contribution >= 4 is 5.91 Å². The Morgan fingerprint density at radius 1 is 0.862 bits per heavy atom. The van der Waals surface area contributed by atoms with Gasteiger partial charge in [-0.15, -0.1) is 0 Å². The zero-order valence-electron chi connectivity index (χ0n) is 16.6. The van der Waals surface area contributed by atoms with Gasteiger partial charge in [0.2, 0.25) is 5.91 Å². The van der Waals surface area contributed by atoms with Gasteiger partial charge in [-0.1, -0.05) is 72.3 Å². The van der Waals surface area contributed by atoms with Crippen LogP contribution in [0.3, 0.4) is 0 Å². The summed E-state index contributed by atoms with van der Waals surface area (Å²) in [6.07, 6.45) is 1.71. The number of hydrogen-bond donors (Lipinski definition) is 0. The van der Waals surface area contributed by atoms with Crippen LogP contribution in [0.1, 0.15) is 69.5 Å². The molecular weight excluding hydrogens is 354 g/mol. The van der Waals surface area contributed by atoms with Crippen LogP contribution in [0.5, 0.6) is 0 Å². The fourth-order valence-electron chi connectivity index (χ4n) is 7.22. The molecule has 3 aromatic rings. The first-order valence-corrected chi connectivity index (χ1v) is 10.8. The van der Waals surface area contributed by atoms with Crippen LogP contribution in [0.4, 0.5) is 0 Å². The number of hydrogen-bond acceptors (Lipinski definition) is 1. The maximum absolute atomic E-state index is 13.5. The van der Waals surface area contributed by atoms with E-state index in [-0.39, 0.29) is 11.5 Å². The molecule has 0 radical (unpaired) electrons. The Kier molecular flexibility index (Phi) is 2.86. The van der Waals surface area contributed by atoms with Gasteiger partial charge in [-0.25, -0.2) is 0 Å². The third kappa shape index (κ3) is 1.73. The van der Waals surface area contributed by atoms with E-state index in [1.807, 2.05) is 0 Å². The maximum atomic E-state index is 13.5. The summed E-state index contributed by atoms with van der Waals surface area (Å²) in [5, 5.41) is 0. The Bertz CT molecular complexity index is 1210. The largest absolute Gasteiger partial charge is 0.327 e. The summed E-state index contributed by atoms with van der Waals surface area (Å²) in [4.78, 5) is 15.7. The molecule has 1 spiro atoms. The first-order valence-electron chi connectivity index (χ1n) is 10.8. The van der Waals surface area contributed by atoms with E-state index in [9.17, 15) is 4.79 Å². The molecule has 2 bridgehead atoms. The van der Waals surface area contributed by atoms with Gasteiger partial charge >= 0.3 is 0 Å². The third-order valence-corrected chi connectivity index (χ3v) is 8.18. The minimum Gasteiger partial charge on any atom is -0.327 e. The number of rotatable bonds is 0. The van der Waals surface area contributed by atoms with Gasteiger partial charge in [0.25, 0.3) is 0 Å². The van der Waals surface area contributed by atoms with E-state index < -0.39 is 0 Å². The second kappa shape index (κ2) is 5.18. The number of aryl methyl sites for hydroxylation is 1. The van der Waals surface area contributed by atoms with E-state index in [0.29, 0.717) is 24.2 Å². The van der Waals surface area contributed by atoms with Crippen LogP contribution in [0.15, 0.2) is 66.7 Å². The molecule has 0 aromatic heterocycles. The van der Waals surface area contributed by atoms with Crippen molar-refractivity contribution in [2.24, 2.45) is 0 Å². The average molecular weight is 377 g/mol. The van der Waals surface area contributed by atoms with Crippen molar-refractivity contribution in [3.8, 4) is 0 Å². The van der Waals surface area contributed by atoms with Crippen LogP contribution < -0.4 is 0 Å². The van der Waals surface area contributed by atoms with Crippen LogP contribution >= 0.6 is 0 Å². The lowest BCUT2D eigenvalue weighted by molar-refractivity contribution is -0.134. The molecule has 1 fully saturated rings. The molecule has 7 rings (SSSR count). The SMILES string of the molecule is Cc1ccc2c(c1)[C@@H]1C[C@H]3c4ccccc4[C@H]4CC(=O)N(C2)[C@]41c1ccccc13. The van der Waals surface area contributed by atoms with Gasteiger partial charge in [-0.05, 0) is 46.7 Å². The zero-order chi connectivity index (χ0) is 19.3. The highest BCUT2D eigenvalue weighted by molar-refractivity contribution is 5.85. The lowest BCUT2D eigenvalue weighted by Crippen LogP contribution is -2.54. The van der Waals surface area contributed by atoms with Gasteiger partial charge in [0, 0.05) is 30.7 Å². The molecule has 2 aliphatic carbocycles. The first kappa shape index (κ1) is 16.0. The molecule has 2 nitrogen and oxygen atoms in total. The van der Waals surface area contributed by atoms with E-state index in [2.05, 4.69) is 78.6 Å². The standard InChI is InChI=1S/C27H23NO/c1-16-10-11-17-15-28-26(29)14-25-19-7-3-2-6-18(19)22-13-24(21(17)12-16)27(25,28)23-9-5-4-8-20(22)23/h2-12,22,24-25H,13-15H2,1H3/t22-,24-,25+,27-/m0/s1. The van der Waals surface area contributed by atoms with Gasteiger partial charge in [0.05, 0.1) is 5.54 Å². The van der Waals surface area contributed by atoms with Crippen LogP contribution in [0, 0.1) is 6.92 Å². The Balaban J connectivity index is 1.64. The van der Waals surface area contributed by atoms with Gasteiger partial charge in [0.15, 0.2) is 0 Å². The molecular formula is C27H23NO. The molecule has 1 amide bonds. The summed E-state index contributed by atoms with van der Waals surface area (Å²) in [5.74, 6) is 1.32. The number of amides is 1. The molecule has 0 saturated carbocycles. The van der Waals surface area contributed by atoms with E-state index in [1.165, 1.54) is 38.9 Å². The molecule has 0 N–H and O–H groups in total. The summed E-state index contributed by atoms with van der Waals surface area (Å²) in [6.45, 7) is 2.93. The normalized spacial score (nSPS) is 30.3. The number of fused-ring (bicyclic) bond motifs is 5. The number of nitrogens with zero attached hydrogens (tertiary/aromatic N) is 1. The second-order valence-electron chi connectivity index (χ2n) is 9.32. The van der Waals surface area contributed by atoms with E-state index in [1.54, 1.807) is 0 Å². The number of carbonyl (C=O) groups excluding carboxylic acids is 1. The van der Waals surface area contributed by atoms with Crippen LogP contribution in [-0.4, -0.2) is 10.8 Å². The minimum atomic E-state index is -0.239. The highest BCUT2D eigenvalue weighted by Gasteiger charge is 2.65. The van der Waals surface area contributed by atoms with Crippen molar-refractivity contribution in [3.63, 3.8) is 0 Å². The maximum Gasteiger partial charge on any atom is 0.224 e. The number of carbonyl (C=O) groups is 1. The molecule has 3 aromatic carbocycles. The molecule has 4 aliphatic rings. The molecule has 142 valence electrons. The van der Waals surface area contributed by atoms with Crippen molar-refractivity contribution in [1.29, 1.82) is 0 Å². The topological polar surface area (TPSA) is 20.3 Å². The first-order chi connectivity index (χ1) is 14.2. The Labute approximate surface area is 171 Å². The molecule has 2 heterocycles. The van der Waals surface area contributed by atoms with Crippen LogP contribution in [-0.2, 0) is 16.9 Å². The predicted molar refractivity (Wildman–Crippen MR) is 113 cm³/mol. The lowest BCUT2D eigenvalue weighted by Gasteiger charge is -2.54. The average Bonchev–Trinajstić information content (AvgIpc) is 2.92. The van der Waals surface area contributed by atoms with Gasteiger partial charge in [-0.3, -0.25) is 4.79 Å². The van der Waals surface area contributed by atoms with Crippen LogP contribution in [0.2, 0.25) is 0 Å². The predicted octanol–water partition coefficient (Wildman–Crippen LogP) is 5.35. The third-order valence-electron chi connectivity index (χ3n) is 8.18. The Morgan fingerprint density at radius 2 is 1.62 bits per heavy atom. The zero-order valence-corrected chi connectivity index (χ0v) is 16.6. The monoisotopic (exact) mass is 377 g/mol. The molecule has 0 unspecified atom stereocenters. The Hall–Kier alpha value is -2.87. The summed E-state index contributed by atoms with van der Waals surface area (Å²) in [5.41, 5.74) is 9.60. The fourth-order valence-corrected chi connectivity index (χ4v) is 7.22. The second-order valence-corrected chi connectivity index (χ2v) is 9.32. The summed E-state index contributed by atoms with van der Waals surface area (Å²) >= 11 is 0. The van der Waals surface area contributed by atoms with Crippen LogP contribution in [0.25, 0.3) is 0 Å². The van der Waals surface area contributed by atoms with Crippen molar-refractivity contribution in [1.82, 2.24) is 4.90 Å². The van der Waals surface area contributed by atoms with Crippen molar-refractivity contribution in [2.45, 2.75) is 49.6 Å². The highest BCUT2D eigenvalue weighted by Crippen LogP contribution is 2.69. The minimum absolute atomic E-state index is 0.235. The van der Waals surface area contributed by atoms with Crippen molar-refractivity contribution < 1.29 is 4.79 Å². The molecule has 2 heteroatoms. The molecule has 29 heavy (non-hydrogen) atoms. The van der Waals surface area contributed by atoms with Crippen molar-refractivity contribution in [2.75, 3.05) is 0 Å². The van der Waals surface area contributed by atoms with E-state index >= 15 is 0 Å². The smallest absolute Gasteiger partial charge is 0.224 e. The molecule has 2 aliphatic heterocycles. The lowest BCUT2D eigenvalue weighted by atomic mass is 9.58. The van der Waals surface area contributed by atoms with Gasteiger partial charge in [-0.2, -0.15) is 0 Å². The fraction of sp³-hybridized carbons (Fsp3) is 0.296. The highest BCUT2D eigenvalue weighted by atomic mass is 16.2. The summed E-state index contributed by atoms with van der Waals surface area (Å²) < 4.78 is 0. The Morgan fingerprint density at radius 3 is 2.48 bits per heavy atom. The molecule has 4 atom stereocenters. The van der Waals surface area contributed by atoms with E-state index in [0.717, 1.165) is 13.0 Å². The van der Waals surface area contributed by atoms with Crippen molar-refractivity contribution in [3.05, 3.63) is 106 Å². The summed E-state index contributed by atoms with van der Waals surface area (Å²) in [6, 6.07) is 24.8. The quantitative estimate of drug-likeness (QED) is 0.517. The van der Waals surface area contributed by atoms with Gasteiger partial charge in [0.1, 0.15) is 0 Å². The van der Waals surface area contributed by atoms with Gasteiger partial charge < -0.3 is 4.90 Å². The number of benzene rings is 3. The molecule has 1 saturated heterocycles.